The van der Waals surface area contributed by atoms with Crippen molar-refractivity contribution in [3.63, 3.8) is 0 Å². The fraction of sp³-hybridized carbons (Fsp3) is 0.235. The van der Waals surface area contributed by atoms with Crippen LogP contribution in [0, 0.1) is 5.82 Å². The summed E-state index contributed by atoms with van der Waals surface area (Å²) in [4.78, 5) is 28.2. The molecular formula is C17H18FN3O2. The molecule has 120 valence electrons. The Morgan fingerprint density at radius 3 is 2.43 bits per heavy atom. The van der Waals surface area contributed by atoms with E-state index in [0.29, 0.717) is 0 Å². The highest BCUT2D eigenvalue weighted by Crippen LogP contribution is 2.14. The van der Waals surface area contributed by atoms with Crippen molar-refractivity contribution in [2.45, 2.75) is 26.3 Å². The molecular weight excluding hydrogens is 297 g/mol. The van der Waals surface area contributed by atoms with E-state index in [-0.39, 0.29) is 22.9 Å². The van der Waals surface area contributed by atoms with Gasteiger partial charge in [0, 0.05) is 17.3 Å². The Balaban J connectivity index is 2.18. The van der Waals surface area contributed by atoms with Crippen molar-refractivity contribution < 1.29 is 14.0 Å². The van der Waals surface area contributed by atoms with Crippen LogP contribution in [-0.4, -0.2) is 22.3 Å². The minimum absolute atomic E-state index is 0.0787. The smallest absolute Gasteiger partial charge is 0.270 e. The molecule has 6 heteroatoms. The number of carbonyl (C=O) groups is 2. The SMILES string of the molecule is CC(C)(C)NC(=O)c1cc(C(=O)Nc2ccccc2F)ccn1. The first kappa shape index (κ1) is 16.6. The fourth-order valence-corrected chi connectivity index (χ4v) is 1.86. The molecule has 0 saturated carbocycles. The third-order valence-electron chi connectivity index (χ3n) is 2.87. The third kappa shape index (κ3) is 4.60. The second kappa shape index (κ2) is 6.56. The van der Waals surface area contributed by atoms with Crippen molar-refractivity contribution in [2.24, 2.45) is 0 Å². The summed E-state index contributed by atoms with van der Waals surface area (Å²) in [6.45, 7) is 5.54. The zero-order chi connectivity index (χ0) is 17.0. The number of carbonyl (C=O) groups excluding carboxylic acids is 2. The van der Waals surface area contributed by atoms with Gasteiger partial charge in [-0.2, -0.15) is 0 Å². The highest BCUT2D eigenvalue weighted by Gasteiger charge is 2.18. The highest BCUT2D eigenvalue weighted by atomic mass is 19.1. The highest BCUT2D eigenvalue weighted by molar-refractivity contribution is 6.05. The minimum atomic E-state index is -0.527. The van der Waals surface area contributed by atoms with Gasteiger partial charge >= 0.3 is 0 Å². The maximum atomic E-state index is 13.6. The van der Waals surface area contributed by atoms with Gasteiger partial charge in [-0.25, -0.2) is 4.39 Å². The molecule has 0 aliphatic rings. The van der Waals surface area contributed by atoms with E-state index in [1.807, 2.05) is 20.8 Å². The van der Waals surface area contributed by atoms with Crippen LogP contribution in [0.4, 0.5) is 10.1 Å². The standard InChI is InChI=1S/C17H18FN3O2/c1-17(2,3)21-16(23)14-10-11(8-9-19-14)15(22)20-13-7-5-4-6-12(13)18/h4-10H,1-3H3,(H,20,22)(H,21,23). The van der Waals surface area contributed by atoms with Gasteiger partial charge in [-0.05, 0) is 45.0 Å². The van der Waals surface area contributed by atoms with Crippen molar-refractivity contribution in [3.8, 4) is 0 Å². The zero-order valence-corrected chi connectivity index (χ0v) is 13.2. The first-order chi connectivity index (χ1) is 10.8. The van der Waals surface area contributed by atoms with Crippen molar-refractivity contribution in [2.75, 3.05) is 5.32 Å². The van der Waals surface area contributed by atoms with E-state index in [1.165, 1.54) is 36.5 Å². The lowest BCUT2D eigenvalue weighted by Gasteiger charge is -2.20. The van der Waals surface area contributed by atoms with Crippen LogP contribution in [0.25, 0.3) is 0 Å². The van der Waals surface area contributed by atoms with Gasteiger partial charge in [-0.15, -0.1) is 0 Å². The molecule has 2 aromatic rings. The number of aromatic nitrogens is 1. The summed E-state index contributed by atoms with van der Waals surface area (Å²) in [5, 5.41) is 5.23. The Bertz CT molecular complexity index is 739. The van der Waals surface area contributed by atoms with Crippen LogP contribution in [0.3, 0.4) is 0 Å². The maximum Gasteiger partial charge on any atom is 0.270 e. The van der Waals surface area contributed by atoms with Crippen LogP contribution >= 0.6 is 0 Å². The summed E-state index contributed by atoms with van der Waals surface area (Å²) in [5.74, 6) is -1.42. The number of hydrogen-bond donors (Lipinski definition) is 2. The number of amides is 2. The van der Waals surface area contributed by atoms with E-state index < -0.39 is 17.3 Å². The molecule has 0 aliphatic carbocycles. The molecule has 1 aromatic heterocycles. The number of rotatable bonds is 3. The van der Waals surface area contributed by atoms with Crippen LogP contribution in [0.2, 0.25) is 0 Å². The molecule has 2 N–H and O–H groups in total. The van der Waals surface area contributed by atoms with Gasteiger partial charge in [-0.1, -0.05) is 12.1 Å². The van der Waals surface area contributed by atoms with E-state index in [9.17, 15) is 14.0 Å². The molecule has 0 spiro atoms. The number of pyridine rings is 1. The third-order valence-corrected chi connectivity index (χ3v) is 2.87. The Labute approximate surface area is 133 Å². The largest absolute Gasteiger partial charge is 0.346 e. The molecule has 1 heterocycles. The Hall–Kier alpha value is -2.76. The summed E-state index contributed by atoms with van der Waals surface area (Å²) < 4.78 is 13.6. The van der Waals surface area contributed by atoms with Crippen LogP contribution in [0.1, 0.15) is 41.6 Å². The molecule has 5 nitrogen and oxygen atoms in total. The fourth-order valence-electron chi connectivity index (χ4n) is 1.86. The number of nitrogens with one attached hydrogen (secondary N) is 2. The van der Waals surface area contributed by atoms with E-state index in [2.05, 4.69) is 15.6 Å². The lowest BCUT2D eigenvalue weighted by Crippen LogP contribution is -2.41. The molecule has 0 unspecified atom stereocenters. The lowest BCUT2D eigenvalue weighted by atomic mass is 10.1. The topological polar surface area (TPSA) is 71.1 Å². The van der Waals surface area contributed by atoms with Crippen LogP contribution in [-0.2, 0) is 0 Å². The van der Waals surface area contributed by atoms with Crippen molar-refractivity contribution in [3.05, 3.63) is 59.7 Å². The zero-order valence-electron chi connectivity index (χ0n) is 13.2. The molecule has 23 heavy (non-hydrogen) atoms. The predicted octanol–water partition coefficient (Wildman–Crippen LogP) is 3.00. The summed E-state index contributed by atoms with van der Waals surface area (Å²) in [6, 6.07) is 8.70. The Kier molecular flexibility index (Phi) is 4.74. The number of benzene rings is 1. The van der Waals surface area contributed by atoms with E-state index in [4.69, 9.17) is 0 Å². The molecule has 0 aliphatic heterocycles. The van der Waals surface area contributed by atoms with Crippen molar-refractivity contribution in [1.82, 2.24) is 10.3 Å². The van der Waals surface area contributed by atoms with E-state index in [0.717, 1.165) is 0 Å². The van der Waals surface area contributed by atoms with Gasteiger partial charge in [0.25, 0.3) is 11.8 Å². The molecule has 0 bridgehead atoms. The second-order valence-electron chi connectivity index (χ2n) is 6.07. The van der Waals surface area contributed by atoms with Crippen LogP contribution in [0.5, 0.6) is 0 Å². The number of nitrogens with zero attached hydrogens (tertiary/aromatic N) is 1. The molecule has 2 amide bonds. The molecule has 2 rings (SSSR count). The average Bonchev–Trinajstić information content (AvgIpc) is 2.48. The average molecular weight is 315 g/mol. The number of para-hydroxylation sites is 1. The van der Waals surface area contributed by atoms with Crippen LogP contribution in [0.15, 0.2) is 42.6 Å². The molecule has 0 fully saturated rings. The van der Waals surface area contributed by atoms with Gasteiger partial charge in [0.1, 0.15) is 11.5 Å². The first-order valence-corrected chi connectivity index (χ1v) is 7.11. The van der Waals surface area contributed by atoms with Crippen LogP contribution < -0.4 is 10.6 Å². The van der Waals surface area contributed by atoms with Gasteiger partial charge in [0.05, 0.1) is 5.69 Å². The Morgan fingerprint density at radius 1 is 1.09 bits per heavy atom. The summed E-state index contributed by atoms with van der Waals surface area (Å²) in [6.07, 6.45) is 1.37. The van der Waals surface area contributed by atoms with E-state index in [1.54, 1.807) is 6.07 Å². The van der Waals surface area contributed by atoms with Gasteiger partial charge in [0.2, 0.25) is 0 Å². The van der Waals surface area contributed by atoms with Gasteiger partial charge < -0.3 is 10.6 Å². The normalized spacial score (nSPS) is 11.0. The van der Waals surface area contributed by atoms with E-state index >= 15 is 0 Å². The monoisotopic (exact) mass is 315 g/mol. The molecule has 1 aromatic carbocycles. The van der Waals surface area contributed by atoms with Crippen molar-refractivity contribution >= 4 is 17.5 Å². The van der Waals surface area contributed by atoms with Gasteiger partial charge in [-0.3, -0.25) is 14.6 Å². The van der Waals surface area contributed by atoms with Crippen molar-refractivity contribution in [1.29, 1.82) is 0 Å². The number of hydrogen-bond acceptors (Lipinski definition) is 3. The predicted molar refractivity (Wildman–Crippen MR) is 85.8 cm³/mol. The summed E-state index contributed by atoms with van der Waals surface area (Å²) in [5.41, 5.74) is 0.0166. The second-order valence-corrected chi connectivity index (χ2v) is 6.07. The lowest BCUT2D eigenvalue weighted by molar-refractivity contribution is 0.0914. The Morgan fingerprint density at radius 2 is 1.78 bits per heavy atom. The minimum Gasteiger partial charge on any atom is -0.346 e. The quantitative estimate of drug-likeness (QED) is 0.914. The number of anilines is 1. The molecule has 0 atom stereocenters. The summed E-state index contributed by atoms with van der Waals surface area (Å²) >= 11 is 0. The first-order valence-electron chi connectivity index (χ1n) is 7.11. The maximum absolute atomic E-state index is 13.6. The summed E-state index contributed by atoms with van der Waals surface area (Å²) in [7, 11) is 0. The number of halogens is 1. The molecule has 0 radical (unpaired) electrons. The molecule has 0 saturated heterocycles. The van der Waals surface area contributed by atoms with Gasteiger partial charge in [0.15, 0.2) is 0 Å².